The zero-order valence-electron chi connectivity index (χ0n) is 45.3. The van der Waals surface area contributed by atoms with Gasteiger partial charge in [0.2, 0.25) is 5.91 Å². The molecule has 0 spiro atoms. The van der Waals surface area contributed by atoms with Crippen LogP contribution in [-0.2, 0) is 14.3 Å². The normalized spacial score (nSPS) is 12.9. The Labute approximate surface area is 423 Å². The molecular formula is C62H115NO5. The van der Waals surface area contributed by atoms with Gasteiger partial charge in [0.15, 0.2) is 0 Å². The minimum absolute atomic E-state index is 0.00598. The topological polar surface area (TPSA) is 95.9 Å². The number of carbonyl (C=O) groups excluding carboxylic acids is 2. The number of nitrogens with one attached hydrogen (secondary N) is 1. The van der Waals surface area contributed by atoms with Crippen molar-refractivity contribution in [3.05, 3.63) is 48.6 Å². The summed E-state index contributed by atoms with van der Waals surface area (Å²) in [7, 11) is 0. The highest BCUT2D eigenvalue weighted by Gasteiger charge is 2.18. The Morgan fingerprint density at radius 3 is 1.16 bits per heavy atom. The largest absolute Gasteiger partial charge is 0.466 e. The number of amides is 1. The third kappa shape index (κ3) is 53.2. The Kier molecular flexibility index (Phi) is 55.6. The van der Waals surface area contributed by atoms with Gasteiger partial charge in [0.05, 0.1) is 25.4 Å². The maximum absolute atomic E-state index is 12.5. The van der Waals surface area contributed by atoms with E-state index < -0.39 is 12.1 Å². The Bertz CT molecular complexity index is 1150. The molecule has 0 aromatic carbocycles. The van der Waals surface area contributed by atoms with Crippen molar-refractivity contribution in [1.29, 1.82) is 0 Å². The number of aliphatic hydroxyl groups excluding tert-OH is 2. The number of carbonyl (C=O) groups is 2. The van der Waals surface area contributed by atoms with Crippen LogP contribution in [0.3, 0.4) is 0 Å². The van der Waals surface area contributed by atoms with Crippen molar-refractivity contribution in [3.8, 4) is 0 Å². The van der Waals surface area contributed by atoms with Crippen molar-refractivity contribution < 1.29 is 24.5 Å². The molecule has 0 fully saturated rings. The summed E-state index contributed by atoms with van der Waals surface area (Å²) in [6.07, 6.45) is 72.7. The van der Waals surface area contributed by atoms with E-state index in [2.05, 4.69) is 55.6 Å². The highest BCUT2D eigenvalue weighted by atomic mass is 16.5. The zero-order valence-corrected chi connectivity index (χ0v) is 45.3. The van der Waals surface area contributed by atoms with E-state index in [0.717, 1.165) is 70.6 Å². The van der Waals surface area contributed by atoms with Crippen LogP contribution in [0.2, 0.25) is 0 Å². The molecular weight excluding hydrogens is 839 g/mol. The molecule has 0 aliphatic rings. The third-order valence-electron chi connectivity index (χ3n) is 13.6. The van der Waals surface area contributed by atoms with Crippen molar-refractivity contribution >= 4 is 11.9 Å². The van der Waals surface area contributed by atoms with Gasteiger partial charge in [0.1, 0.15) is 0 Å². The summed E-state index contributed by atoms with van der Waals surface area (Å²) >= 11 is 0. The van der Waals surface area contributed by atoms with Gasteiger partial charge in [-0.3, -0.25) is 9.59 Å². The maximum Gasteiger partial charge on any atom is 0.305 e. The molecule has 0 aromatic rings. The van der Waals surface area contributed by atoms with Gasteiger partial charge in [-0.15, -0.1) is 0 Å². The molecule has 0 aromatic heterocycles. The fourth-order valence-corrected chi connectivity index (χ4v) is 8.95. The smallest absolute Gasteiger partial charge is 0.305 e. The van der Waals surface area contributed by atoms with Crippen molar-refractivity contribution in [3.63, 3.8) is 0 Å². The maximum atomic E-state index is 12.5. The minimum Gasteiger partial charge on any atom is -0.466 e. The van der Waals surface area contributed by atoms with E-state index in [0.29, 0.717) is 19.4 Å². The molecule has 6 heteroatoms. The second kappa shape index (κ2) is 57.4. The number of hydrogen-bond acceptors (Lipinski definition) is 5. The average molecular weight is 955 g/mol. The third-order valence-corrected chi connectivity index (χ3v) is 13.6. The zero-order chi connectivity index (χ0) is 49.3. The van der Waals surface area contributed by atoms with Gasteiger partial charge < -0.3 is 20.3 Å². The molecule has 2 unspecified atom stereocenters. The van der Waals surface area contributed by atoms with Crippen LogP contribution in [0.15, 0.2) is 48.6 Å². The summed E-state index contributed by atoms with van der Waals surface area (Å²) < 4.78 is 5.48. The Morgan fingerprint density at radius 2 is 0.735 bits per heavy atom. The van der Waals surface area contributed by atoms with E-state index in [9.17, 15) is 19.8 Å². The first kappa shape index (κ1) is 65.8. The van der Waals surface area contributed by atoms with Gasteiger partial charge in [0.25, 0.3) is 0 Å². The summed E-state index contributed by atoms with van der Waals surface area (Å²) in [6, 6.07) is -0.639. The molecule has 0 saturated carbocycles. The molecule has 3 N–H and O–H groups in total. The molecule has 0 heterocycles. The monoisotopic (exact) mass is 954 g/mol. The van der Waals surface area contributed by atoms with Crippen molar-refractivity contribution in [1.82, 2.24) is 5.32 Å². The lowest BCUT2D eigenvalue weighted by atomic mass is 10.0. The standard InChI is InChI=1S/C62H115NO5/c1-3-5-7-9-11-13-15-17-19-23-28-32-36-40-44-48-52-56-62(67)68-57-53-49-45-41-37-33-29-25-22-21-24-27-31-35-39-43-47-51-55-61(66)63-59(58-64)60(65)54-50-46-42-38-34-30-26-20-18-16-14-12-10-8-6-4-2/h11,13,17,19,24,27,50,54,59-60,64-65H,3-10,12,14-16,18,20-23,25-26,28-49,51-53,55-58H2,1-2H3,(H,63,66)/b13-11-,19-17-,27-24-,54-50+. The molecule has 6 nitrogen and oxygen atoms in total. The van der Waals surface area contributed by atoms with Crippen LogP contribution in [0.4, 0.5) is 0 Å². The Hall–Kier alpha value is -2.18. The van der Waals surface area contributed by atoms with E-state index in [4.69, 9.17) is 4.74 Å². The van der Waals surface area contributed by atoms with Crippen molar-refractivity contribution in [2.45, 2.75) is 321 Å². The first-order chi connectivity index (χ1) is 33.5. The number of esters is 1. The summed E-state index contributed by atoms with van der Waals surface area (Å²) in [5, 5.41) is 23.1. The molecule has 0 radical (unpaired) electrons. The molecule has 0 bridgehead atoms. The second-order valence-electron chi connectivity index (χ2n) is 20.3. The van der Waals surface area contributed by atoms with E-state index in [1.54, 1.807) is 6.08 Å². The van der Waals surface area contributed by atoms with Crippen LogP contribution in [0, 0.1) is 0 Å². The summed E-state index contributed by atoms with van der Waals surface area (Å²) in [6.45, 7) is 4.86. The molecule has 1 amide bonds. The number of aliphatic hydroxyl groups is 2. The van der Waals surface area contributed by atoms with Crippen LogP contribution in [0.1, 0.15) is 309 Å². The van der Waals surface area contributed by atoms with Crippen LogP contribution in [0.25, 0.3) is 0 Å². The number of allylic oxidation sites excluding steroid dienone is 7. The SMILES string of the molecule is CCCCC/C=C\C/C=C\CCCCCCCCCC(=O)OCCCCCCCCCCC/C=C\CCCCCCCC(=O)NC(CO)C(O)/C=C/CCCCCCCCCCCCCCCC. The van der Waals surface area contributed by atoms with Gasteiger partial charge >= 0.3 is 5.97 Å². The Morgan fingerprint density at radius 1 is 0.412 bits per heavy atom. The fraction of sp³-hybridized carbons (Fsp3) is 0.839. The predicted molar refractivity (Wildman–Crippen MR) is 296 cm³/mol. The van der Waals surface area contributed by atoms with Gasteiger partial charge in [-0.2, -0.15) is 0 Å². The summed E-state index contributed by atoms with van der Waals surface area (Å²) in [5.41, 5.74) is 0. The number of hydrogen-bond donors (Lipinski definition) is 3. The second-order valence-corrected chi connectivity index (χ2v) is 20.3. The quantitative estimate of drug-likeness (QED) is 0.0321. The fourth-order valence-electron chi connectivity index (χ4n) is 8.95. The van der Waals surface area contributed by atoms with Gasteiger partial charge in [-0.25, -0.2) is 0 Å². The van der Waals surface area contributed by atoms with Gasteiger partial charge in [0, 0.05) is 12.8 Å². The molecule has 0 rings (SSSR count). The lowest BCUT2D eigenvalue weighted by Gasteiger charge is -2.20. The van der Waals surface area contributed by atoms with Crippen LogP contribution in [-0.4, -0.2) is 47.4 Å². The molecule has 68 heavy (non-hydrogen) atoms. The first-order valence-corrected chi connectivity index (χ1v) is 29.9. The van der Waals surface area contributed by atoms with Gasteiger partial charge in [-0.05, 0) is 89.9 Å². The number of unbranched alkanes of at least 4 members (excludes halogenated alkanes) is 38. The van der Waals surface area contributed by atoms with Gasteiger partial charge in [-0.1, -0.05) is 255 Å². The van der Waals surface area contributed by atoms with E-state index >= 15 is 0 Å². The van der Waals surface area contributed by atoms with Crippen LogP contribution in [0.5, 0.6) is 0 Å². The highest BCUT2D eigenvalue weighted by Crippen LogP contribution is 2.16. The minimum atomic E-state index is -0.854. The summed E-state index contributed by atoms with van der Waals surface area (Å²) in [5.74, 6) is -0.0880. The number of rotatable bonds is 55. The van der Waals surface area contributed by atoms with Crippen LogP contribution < -0.4 is 5.32 Å². The summed E-state index contributed by atoms with van der Waals surface area (Å²) in [4.78, 5) is 24.5. The average Bonchev–Trinajstić information content (AvgIpc) is 3.34. The highest BCUT2D eigenvalue weighted by molar-refractivity contribution is 5.76. The van der Waals surface area contributed by atoms with Crippen molar-refractivity contribution in [2.75, 3.05) is 13.2 Å². The lowest BCUT2D eigenvalue weighted by Crippen LogP contribution is -2.45. The molecule has 0 aliphatic heterocycles. The first-order valence-electron chi connectivity index (χ1n) is 29.9. The van der Waals surface area contributed by atoms with Crippen molar-refractivity contribution in [2.24, 2.45) is 0 Å². The number of ether oxygens (including phenoxy) is 1. The molecule has 398 valence electrons. The molecule has 0 aliphatic carbocycles. The van der Waals surface area contributed by atoms with E-state index in [1.807, 2.05) is 6.08 Å². The van der Waals surface area contributed by atoms with E-state index in [-0.39, 0.29) is 18.5 Å². The Balaban J connectivity index is 3.48. The molecule has 0 saturated heterocycles. The molecule has 2 atom stereocenters. The predicted octanol–water partition coefficient (Wildman–Crippen LogP) is 18.6. The lowest BCUT2D eigenvalue weighted by molar-refractivity contribution is -0.143. The van der Waals surface area contributed by atoms with Crippen LogP contribution >= 0.6 is 0 Å². The van der Waals surface area contributed by atoms with E-state index in [1.165, 1.54) is 212 Å².